The molecule has 0 unspecified atom stereocenters. The predicted molar refractivity (Wildman–Crippen MR) is 66.6 cm³/mol. The second-order valence-electron chi connectivity index (χ2n) is 4.73. The molecule has 1 aliphatic heterocycles. The van der Waals surface area contributed by atoms with Crippen LogP contribution in [0.2, 0.25) is 0 Å². The van der Waals surface area contributed by atoms with Crippen molar-refractivity contribution in [1.82, 2.24) is 10.2 Å². The molecule has 0 radical (unpaired) electrons. The highest BCUT2D eigenvalue weighted by atomic mass is 16.6. The highest BCUT2D eigenvalue weighted by molar-refractivity contribution is 5.68. The van der Waals surface area contributed by atoms with Gasteiger partial charge in [0.05, 0.1) is 0 Å². The van der Waals surface area contributed by atoms with E-state index in [2.05, 4.69) is 5.32 Å². The molecule has 1 rings (SSSR count). The largest absolute Gasteiger partial charge is 0.444 e. The number of nitrogens with zero attached hydrogens (tertiary/aromatic N) is 1. The minimum atomic E-state index is -0.401. The summed E-state index contributed by atoms with van der Waals surface area (Å²) in [5.41, 5.74) is -0.401. The van der Waals surface area contributed by atoms with E-state index >= 15 is 0 Å². The molecule has 0 aromatic rings. The zero-order valence-electron chi connectivity index (χ0n) is 11.5. The summed E-state index contributed by atoms with van der Waals surface area (Å²) >= 11 is 0. The molecular weight excluding hydrogens is 204 g/mol. The number of hydrogen-bond donors (Lipinski definition) is 1. The first-order valence-corrected chi connectivity index (χ1v) is 6.10. The Balaban J connectivity index is 0.00000106. The molecule has 1 atom stereocenters. The molecule has 4 nitrogen and oxygen atoms in total. The molecule has 1 aliphatic rings. The van der Waals surface area contributed by atoms with Gasteiger partial charge in [-0.15, -0.1) is 0 Å². The molecule has 0 saturated carbocycles. The summed E-state index contributed by atoms with van der Waals surface area (Å²) in [7, 11) is 0. The Morgan fingerprint density at radius 1 is 1.38 bits per heavy atom. The standard InChI is InChI=1S/C10H20N2O2.C2H6/c1-8-7-11-5-6-12(8)9(13)14-10(2,3)4;1-2/h8,11H,5-7H2,1-4H3;1-2H3/t8-;/m1./s1. The average molecular weight is 230 g/mol. The third-order valence-corrected chi connectivity index (χ3v) is 2.13. The number of carbonyl (C=O) groups excluding carboxylic acids is 1. The molecule has 0 aromatic carbocycles. The lowest BCUT2D eigenvalue weighted by atomic mass is 10.2. The molecule has 96 valence electrons. The summed E-state index contributed by atoms with van der Waals surface area (Å²) in [4.78, 5) is 13.5. The molecule has 0 spiro atoms. The summed E-state index contributed by atoms with van der Waals surface area (Å²) in [6, 6.07) is 0.221. The predicted octanol–water partition coefficient (Wildman–Crippen LogP) is 2.24. The molecule has 1 N–H and O–H groups in total. The zero-order chi connectivity index (χ0) is 12.8. The maximum Gasteiger partial charge on any atom is 0.410 e. The van der Waals surface area contributed by atoms with Crippen molar-refractivity contribution in [2.75, 3.05) is 19.6 Å². The van der Waals surface area contributed by atoms with Crippen LogP contribution in [-0.4, -0.2) is 42.3 Å². The molecule has 4 heteroatoms. The Morgan fingerprint density at radius 3 is 2.38 bits per heavy atom. The molecule has 1 saturated heterocycles. The van der Waals surface area contributed by atoms with Crippen LogP contribution in [0.1, 0.15) is 41.5 Å². The average Bonchev–Trinajstić information content (AvgIpc) is 2.18. The second kappa shape index (κ2) is 6.74. The number of ether oxygens (including phenoxy) is 1. The summed E-state index contributed by atoms with van der Waals surface area (Å²) in [6.07, 6.45) is -0.202. The van der Waals surface area contributed by atoms with Crippen LogP contribution < -0.4 is 5.32 Å². The highest BCUT2D eigenvalue weighted by Gasteiger charge is 2.27. The van der Waals surface area contributed by atoms with Crippen molar-refractivity contribution in [3.05, 3.63) is 0 Å². The van der Waals surface area contributed by atoms with Crippen molar-refractivity contribution in [2.24, 2.45) is 0 Å². The van der Waals surface area contributed by atoms with Crippen LogP contribution in [0.15, 0.2) is 0 Å². The van der Waals surface area contributed by atoms with E-state index in [0.29, 0.717) is 0 Å². The van der Waals surface area contributed by atoms with Crippen LogP contribution in [0.4, 0.5) is 4.79 Å². The van der Waals surface area contributed by atoms with E-state index in [4.69, 9.17) is 4.74 Å². The second-order valence-corrected chi connectivity index (χ2v) is 4.73. The van der Waals surface area contributed by atoms with Crippen LogP contribution in [0.5, 0.6) is 0 Å². The Kier molecular flexibility index (Phi) is 6.41. The van der Waals surface area contributed by atoms with Gasteiger partial charge in [-0.3, -0.25) is 0 Å². The van der Waals surface area contributed by atoms with Crippen molar-refractivity contribution in [3.8, 4) is 0 Å². The van der Waals surface area contributed by atoms with E-state index in [1.807, 2.05) is 41.5 Å². The monoisotopic (exact) mass is 230 g/mol. The van der Waals surface area contributed by atoms with Crippen LogP contribution in [0, 0.1) is 0 Å². The first-order valence-electron chi connectivity index (χ1n) is 6.10. The molecule has 0 aromatic heterocycles. The van der Waals surface area contributed by atoms with Crippen LogP contribution >= 0.6 is 0 Å². The van der Waals surface area contributed by atoms with Gasteiger partial charge < -0.3 is 15.0 Å². The fraction of sp³-hybridized carbons (Fsp3) is 0.917. The molecule has 0 aliphatic carbocycles. The Hall–Kier alpha value is -0.770. The fourth-order valence-electron chi connectivity index (χ4n) is 1.43. The smallest absolute Gasteiger partial charge is 0.410 e. The number of hydrogen-bond acceptors (Lipinski definition) is 3. The van der Waals surface area contributed by atoms with Crippen molar-refractivity contribution in [1.29, 1.82) is 0 Å². The highest BCUT2D eigenvalue weighted by Crippen LogP contribution is 2.12. The van der Waals surface area contributed by atoms with Crippen molar-refractivity contribution < 1.29 is 9.53 Å². The summed E-state index contributed by atoms with van der Waals surface area (Å²) in [5, 5.41) is 3.23. The SMILES string of the molecule is CC.C[C@@H]1CNCCN1C(=O)OC(C)(C)C. The number of nitrogens with one attached hydrogen (secondary N) is 1. The van der Waals surface area contributed by atoms with E-state index in [1.54, 1.807) is 4.90 Å². The summed E-state index contributed by atoms with van der Waals surface area (Å²) in [6.45, 7) is 14.1. The van der Waals surface area contributed by atoms with Gasteiger partial charge in [-0.05, 0) is 27.7 Å². The Bertz CT molecular complexity index is 212. The maximum atomic E-state index is 11.7. The molecule has 1 heterocycles. The van der Waals surface area contributed by atoms with Crippen LogP contribution in [0.25, 0.3) is 0 Å². The Morgan fingerprint density at radius 2 is 1.94 bits per heavy atom. The van der Waals surface area contributed by atoms with Crippen LogP contribution in [0.3, 0.4) is 0 Å². The lowest BCUT2D eigenvalue weighted by Crippen LogP contribution is -2.53. The van der Waals surface area contributed by atoms with Gasteiger partial charge in [-0.1, -0.05) is 13.8 Å². The number of amides is 1. The topological polar surface area (TPSA) is 41.6 Å². The van der Waals surface area contributed by atoms with Gasteiger partial charge in [0.2, 0.25) is 0 Å². The van der Waals surface area contributed by atoms with Gasteiger partial charge in [0.15, 0.2) is 0 Å². The van der Waals surface area contributed by atoms with Gasteiger partial charge in [-0.25, -0.2) is 4.79 Å². The van der Waals surface area contributed by atoms with Crippen molar-refractivity contribution >= 4 is 6.09 Å². The summed E-state index contributed by atoms with van der Waals surface area (Å²) < 4.78 is 5.31. The van der Waals surface area contributed by atoms with Crippen molar-refractivity contribution in [3.63, 3.8) is 0 Å². The van der Waals surface area contributed by atoms with E-state index in [9.17, 15) is 4.79 Å². The number of carbonyl (C=O) groups is 1. The van der Waals surface area contributed by atoms with Gasteiger partial charge in [0.1, 0.15) is 5.60 Å². The molecule has 1 amide bonds. The van der Waals surface area contributed by atoms with E-state index < -0.39 is 5.60 Å². The Labute approximate surface area is 99.3 Å². The number of rotatable bonds is 0. The van der Waals surface area contributed by atoms with Crippen LogP contribution in [-0.2, 0) is 4.74 Å². The van der Waals surface area contributed by atoms with Gasteiger partial charge >= 0.3 is 6.09 Å². The van der Waals surface area contributed by atoms with Gasteiger partial charge in [-0.2, -0.15) is 0 Å². The number of piperazine rings is 1. The minimum absolute atomic E-state index is 0.202. The van der Waals surface area contributed by atoms with Crippen molar-refractivity contribution in [2.45, 2.75) is 53.2 Å². The molecule has 1 fully saturated rings. The third kappa shape index (κ3) is 5.35. The van der Waals surface area contributed by atoms with Gasteiger partial charge in [0.25, 0.3) is 0 Å². The zero-order valence-corrected chi connectivity index (χ0v) is 11.5. The van der Waals surface area contributed by atoms with E-state index in [0.717, 1.165) is 19.6 Å². The normalized spacial score (nSPS) is 20.9. The lowest BCUT2D eigenvalue weighted by molar-refractivity contribution is 0.0141. The van der Waals surface area contributed by atoms with Gasteiger partial charge in [0, 0.05) is 25.7 Å². The maximum absolute atomic E-state index is 11.7. The molecule has 0 bridgehead atoms. The van der Waals surface area contributed by atoms with E-state index in [-0.39, 0.29) is 12.1 Å². The lowest BCUT2D eigenvalue weighted by Gasteiger charge is -2.35. The quantitative estimate of drug-likeness (QED) is 0.694. The van der Waals surface area contributed by atoms with E-state index in [1.165, 1.54) is 0 Å². The fourth-order valence-corrected chi connectivity index (χ4v) is 1.43. The first kappa shape index (κ1) is 15.2. The third-order valence-electron chi connectivity index (χ3n) is 2.13. The minimum Gasteiger partial charge on any atom is -0.444 e. The first-order chi connectivity index (χ1) is 7.40. The summed E-state index contributed by atoms with van der Waals surface area (Å²) in [5.74, 6) is 0. The molecule has 16 heavy (non-hydrogen) atoms. The molecular formula is C12H26N2O2.